The molecule has 1 fully saturated rings. The van der Waals surface area contributed by atoms with Crippen molar-refractivity contribution in [3.05, 3.63) is 28.6 Å². The van der Waals surface area contributed by atoms with Crippen molar-refractivity contribution in [3.8, 4) is 0 Å². The molecule has 0 N–H and O–H groups in total. The van der Waals surface area contributed by atoms with Crippen LogP contribution in [0, 0.1) is 0 Å². The van der Waals surface area contributed by atoms with Crippen LogP contribution in [0.1, 0.15) is 5.82 Å². The van der Waals surface area contributed by atoms with Gasteiger partial charge in [0.2, 0.25) is 0 Å². The Balaban J connectivity index is 1.80. The van der Waals surface area contributed by atoms with Gasteiger partial charge < -0.3 is 4.90 Å². The van der Waals surface area contributed by atoms with Crippen LogP contribution < -0.4 is 0 Å². The number of rotatable bonds is 2. The van der Waals surface area contributed by atoms with Gasteiger partial charge in [0, 0.05) is 36.8 Å². The summed E-state index contributed by atoms with van der Waals surface area (Å²) in [7, 11) is 2.17. The van der Waals surface area contributed by atoms with Crippen LogP contribution in [0.5, 0.6) is 0 Å². The first-order valence-corrected chi connectivity index (χ1v) is 6.92. The van der Waals surface area contributed by atoms with Crippen LogP contribution in [0.3, 0.4) is 0 Å². The van der Waals surface area contributed by atoms with Gasteiger partial charge in [0.25, 0.3) is 0 Å². The molecule has 6 heteroatoms. The highest BCUT2D eigenvalue weighted by Crippen LogP contribution is 2.13. The van der Waals surface area contributed by atoms with E-state index in [2.05, 4.69) is 47.4 Å². The summed E-state index contributed by atoms with van der Waals surface area (Å²) >= 11 is 3.49. The molecule has 1 saturated heterocycles. The molecule has 0 saturated carbocycles. The highest BCUT2D eigenvalue weighted by atomic mass is 79.9. The van der Waals surface area contributed by atoms with Crippen molar-refractivity contribution in [2.24, 2.45) is 0 Å². The summed E-state index contributed by atoms with van der Waals surface area (Å²) in [6, 6.07) is 3.97. The zero-order valence-corrected chi connectivity index (χ0v) is 12.0. The van der Waals surface area contributed by atoms with Gasteiger partial charge in [-0.15, -0.1) is 10.2 Å². The minimum atomic E-state index is 0.867. The fourth-order valence-corrected chi connectivity index (χ4v) is 2.56. The summed E-state index contributed by atoms with van der Waals surface area (Å²) in [5, 5.41) is 8.48. The van der Waals surface area contributed by atoms with Crippen LogP contribution in [0.4, 0.5) is 0 Å². The fraction of sp³-hybridized carbons (Fsp3) is 0.500. The van der Waals surface area contributed by atoms with E-state index in [4.69, 9.17) is 0 Å². The van der Waals surface area contributed by atoms with Crippen LogP contribution in [-0.4, -0.2) is 57.6 Å². The smallest absolute Gasteiger partial charge is 0.160 e. The Hall–Kier alpha value is -0.980. The molecule has 1 aliphatic heterocycles. The number of hydrogen-bond acceptors (Lipinski definition) is 4. The maximum Gasteiger partial charge on any atom is 0.160 e. The van der Waals surface area contributed by atoms with E-state index in [0.29, 0.717) is 0 Å². The van der Waals surface area contributed by atoms with E-state index in [-0.39, 0.29) is 0 Å². The molecule has 0 aliphatic carbocycles. The van der Waals surface area contributed by atoms with Gasteiger partial charge in [-0.1, -0.05) is 0 Å². The Labute approximate surface area is 115 Å². The van der Waals surface area contributed by atoms with Crippen molar-refractivity contribution in [2.45, 2.75) is 6.54 Å². The topological polar surface area (TPSA) is 36.7 Å². The lowest BCUT2D eigenvalue weighted by Gasteiger charge is -2.31. The maximum atomic E-state index is 4.29. The first-order valence-electron chi connectivity index (χ1n) is 6.12. The molecule has 18 heavy (non-hydrogen) atoms. The van der Waals surface area contributed by atoms with Crippen molar-refractivity contribution in [1.82, 2.24) is 24.4 Å². The molecule has 96 valence electrons. The summed E-state index contributed by atoms with van der Waals surface area (Å²) in [6.45, 7) is 5.31. The van der Waals surface area contributed by atoms with E-state index in [1.807, 2.05) is 18.3 Å². The minimum absolute atomic E-state index is 0.867. The maximum absolute atomic E-state index is 4.29. The number of aromatic nitrogens is 3. The van der Waals surface area contributed by atoms with Gasteiger partial charge in [0.1, 0.15) is 0 Å². The van der Waals surface area contributed by atoms with Crippen molar-refractivity contribution in [2.75, 3.05) is 33.2 Å². The van der Waals surface area contributed by atoms with Gasteiger partial charge in [0.15, 0.2) is 11.5 Å². The quantitative estimate of drug-likeness (QED) is 0.836. The lowest BCUT2D eigenvalue weighted by Crippen LogP contribution is -2.44. The summed E-state index contributed by atoms with van der Waals surface area (Å²) in [5.74, 6) is 1.01. The fourth-order valence-electron chi connectivity index (χ4n) is 2.23. The normalized spacial score (nSPS) is 18.6. The summed E-state index contributed by atoms with van der Waals surface area (Å²) in [6.07, 6.45) is 2.03. The standard InChI is InChI=1S/C12H16BrN5/c1-16-4-6-17(7-5-16)9-12-15-14-11-3-2-10(13)8-18(11)12/h2-3,8H,4-7,9H2,1H3. The average molecular weight is 310 g/mol. The molecule has 5 nitrogen and oxygen atoms in total. The summed E-state index contributed by atoms with van der Waals surface area (Å²) in [4.78, 5) is 4.78. The van der Waals surface area contributed by atoms with Gasteiger partial charge in [-0.05, 0) is 35.1 Å². The third-order valence-corrected chi connectivity index (χ3v) is 3.87. The van der Waals surface area contributed by atoms with Gasteiger partial charge in [-0.2, -0.15) is 0 Å². The highest BCUT2D eigenvalue weighted by molar-refractivity contribution is 9.10. The summed E-state index contributed by atoms with van der Waals surface area (Å²) < 4.78 is 3.11. The SMILES string of the molecule is CN1CCN(Cc2nnc3ccc(Br)cn23)CC1. The minimum Gasteiger partial charge on any atom is -0.304 e. The van der Waals surface area contributed by atoms with Gasteiger partial charge in [-0.3, -0.25) is 9.30 Å². The van der Waals surface area contributed by atoms with Crippen LogP contribution in [-0.2, 0) is 6.54 Å². The summed E-state index contributed by atoms with van der Waals surface area (Å²) in [5.41, 5.74) is 0.905. The molecule has 3 heterocycles. The van der Waals surface area contributed by atoms with Gasteiger partial charge in [-0.25, -0.2) is 0 Å². The Morgan fingerprint density at radius 3 is 2.72 bits per heavy atom. The lowest BCUT2D eigenvalue weighted by atomic mass is 10.3. The monoisotopic (exact) mass is 309 g/mol. The predicted molar refractivity (Wildman–Crippen MR) is 73.5 cm³/mol. The zero-order chi connectivity index (χ0) is 12.5. The van der Waals surface area contributed by atoms with Crippen LogP contribution >= 0.6 is 15.9 Å². The number of nitrogens with zero attached hydrogens (tertiary/aromatic N) is 5. The van der Waals surface area contributed by atoms with E-state index in [1.165, 1.54) is 0 Å². The Bertz CT molecular complexity index is 544. The molecule has 2 aromatic heterocycles. The number of pyridine rings is 1. The van der Waals surface area contributed by atoms with Crippen molar-refractivity contribution in [1.29, 1.82) is 0 Å². The number of fused-ring (bicyclic) bond motifs is 1. The second-order valence-electron chi connectivity index (χ2n) is 4.77. The van der Waals surface area contributed by atoms with Crippen LogP contribution in [0.2, 0.25) is 0 Å². The molecule has 1 aliphatic rings. The number of likely N-dealkylation sites (N-methyl/N-ethyl adjacent to an activating group) is 1. The molecule has 0 bridgehead atoms. The molecule has 0 atom stereocenters. The Morgan fingerprint density at radius 2 is 1.94 bits per heavy atom. The number of hydrogen-bond donors (Lipinski definition) is 0. The molecule has 0 spiro atoms. The predicted octanol–water partition coefficient (Wildman–Crippen LogP) is 1.24. The molecule has 0 aromatic carbocycles. The highest BCUT2D eigenvalue weighted by Gasteiger charge is 2.16. The second kappa shape index (κ2) is 4.95. The number of piperazine rings is 1. The molecule has 0 amide bonds. The van der Waals surface area contributed by atoms with Crippen molar-refractivity contribution < 1.29 is 0 Å². The molecule has 0 unspecified atom stereocenters. The molecule has 2 aromatic rings. The molecule has 0 radical (unpaired) electrons. The third-order valence-electron chi connectivity index (χ3n) is 3.40. The van der Waals surface area contributed by atoms with Crippen LogP contribution in [0.25, 0.3) is 5.65 Å². The van der Waals surface area contributed by atoms with E-state index in [9.17, 15) is 0 Å². The van der Waals surface area contributed by atoms with E-state index >= 15 is 0 Å². The van der Waals surface area contributed by atoms with Crippen molar-refractivity contribution in [3.63, 3.8) is 0 Å². The van der Waals surface area contributed by atoms with Gasteiger partial charge in [0.05, 0.1) is 6.54 Å². The van der Waals surface area contributed by atoms with Crippen LogP contribution in [0.15, 0.2) is 22.8 Å². The van der Waals surface area contributed by atoms with E-state index in [1.54, 1.807) is 0 Å². The number of halogens is 1. The molecular weight excluding hydrogens is 294 g/mol. The second-order valence-corrected chi connectivity index (χ2v) is 5.69. The Morgan fingerprint density at radius 1 is 1.17 bits per heavy atom. The average Bonchev–Trinajstić information content (AvgIpc) is 2.75. The molecule has 3 rings (SSSR count). The largest absolute Gasteiger partial charge is 0.304 e. The van der Waals surface area contributed by atoms with Gasteiger partial charge >= 0.3 is 0 Å². The zero-order valence-electron chi connectivity index (χ0n) is 10.4. The molecular formula is C12H16BrN5. The van der Waals surface area contributed by atoms with Crippen molar-refractivity contribution >= 4 is 21.6 Å². The first kappa shape index (κ1) is 12.1. The van der Waals surface area contributed by atoms with E-state index in [0.717, 1.165) is 48.7 Å². The first-order chi connectivity index (χ1) is 8.72. The Kier molecular flexibility index (Phi) is 3.32. The lowest BCUT2D eigenvalue weighted by molar-refractivity contribution is 0.145. The van der Waals surface area contributed by atoms with E-state index < -0.39 is 0 Å². The third kappa shape index (κ3) is 2.41.